The van der Waals surface area contributed by atoms with Crippen molar-refractivity contribution in [3.05, 3.63) is 65.2 Å². The van der Waals surface area contributed by atoms with E-state index in [1.807, 2.05) is 53.4 Å². The Kier molecular flexibility index (Phi) is 7.22. The molecule has 0 bridgehead atoms. The Morgan fingerprint density at radius 2 is 1.78 bits per heavy atom. The summed E-state index contributed by atoms with van der Waals surface area (Å²) in [7, 11) is 0. The van der Waals surface area contributed by atoms with Gasteiger partial charge in [-0.3, -0.25) is 14.5 Å². The molecule has 1 N–H and O–H groups in total. The fourth-order valence-corrected chi connectivity index (χ4v) is 4.63. The molecule has 6 heteroatoms. The van der Waals surface area contributed by atoms with Crippen LogP contribution in [0.4, 0.5) is 5.69 Å². The Bertz CT molecular complexity index is 934. The number of rotatable bonds is 6. The average molecular weight is 436 g/mol. The highest BCUT2D eigenvalue weighted by Crippen LogP contribution is 2.22. The molecule has 32 heavy (non-hydrogen) atoms. The van der Waals surface area contributed by atoms with Gasteiger partial charge in [0.05, 0.1) is 12.2 Å². The van der Waals surface area contributed by atoms with Crippen molar-refractivity contribution in [2.24, 2.45) is 0 Å². The Hall–Kier alpha value is -2.70. The van der Waals surface area contributed by atoms with Crippen molar-refractivity contribution in [1.29, 1.82) is 0 Å². The molecule has 2 aromatic carbocycles. The van der Waals surface area contributed by atoms with E-state index in [0.29, 0.717) is 18.5 Å². The number of carbonyl (C=O) groups is 2. The van der Waals surface area contributed by atoms with Crippen LogP contribution in [0.15, 0.2) is 48.5 Å². The number of nitrogens with one attached hydrogen (secondary N) is 1. The van der Waals surface area contributed by atoms with Gasteiger partial charge in [0.15, 0.2) is 0 Å². The molecule has 4 rings (SSSR count). The molecule has 0 aromatic heterocycles. The standard InChI is InChI=1S/C26H33N3O3/c1-19-16-28(17-20(2)32-19)18-21-9-11-23(12-10-21)26(31)27-15-22-6-5-7-24(14-22)29-13-4-3-8-25(29)30/h5-7,9-12,14,19-20H,3-4,8,13,15-18H2,1-2H3,(H,27,31). The highest BCUT2D eigenvalue weighted by Gasteiger charge is 2.22. The van der Waals surface area contributed by atoms with Crippen molar-refractivity contribution in [2.75, 3.05) is 24.5 Å². The van der Waals surface area contributed by atoms with Crippen LogP contribution in [0.3, 0.4) is 0 Å². The molecule has 0 radical (unpaired) electrons. The van der Waals surface area contributed by atoms with E-state index in [-0.39, 0.29) is 24.0 Å². The lowest BCUT2D eigenvalue weighted by Gasteiger charge is -2.35. The molecule has 2 aliphatic rings. The second-order valence-electron chi connectivity index (χ2n) is 9.00. The third kappa shape index (κ3) is 5.75. The van der Waals surface area contributed by atoms with E-state index in [1.54, 1.807) is 0 Å². The van der Waals surface area contributed by atoms with Crippen molar-refractivity contribution >= 4 is 17.5 Å². The SMILES string of the molecule is CC1CN(Cc2ccc(C(=O)NCc3cccc(N4CCCCC4=O)c3)cc2)CC(C)O1. The van der Waals surface area contributed by atoms with Crippen molar-refractivity contribution in [3.8, 4) is 0 Å². The fraction of sp³-hybridized carbons (Fsp3) is 0.462. The Morgan fingerprint density at radius 1 is 1.03 bits per heavy atom. The van der Waals surface area contributed by atoms with E-state index in [9.17, 15) is 9.59 Å². The second-order valence-corrected chi connectivity index (χ2v) is 9.00. The Morgan fingerprint density at radius 3 is 2.50 bits per heavy atom. The Balaban J connectivity index is 1.31. The number of nitrogens with zero attached hydrogens (tertiary/aromatic N) is 2. The van der Waals surface area contributed by atoms with Gasteiger partial charge in [0.1, 0.15) is 0 Å². The summed E-state index contributed by atoms with van der Waals surface area (Å²) in [5.41, 5.74) is 3.75. The normalized spacial score (nSPS) is 22.1. The van der Waals surface area contributed by atoms with Crippen molar-refractivity contribution in [1.82, 2.24) is 10.2 Å². The van der Waals surface area contributed by atoms with Gasteiger partial charge in [-0.05, 0) is 62.1 Å². The van der Waals surface area contributed by atoms with Crippen LogP contribution in [0.5, 0.6) is 0 Å². The minimum absolute atomic E-state index is 0.0929. The van der Waals surface area contributed by atoms with E-state index in [2.05, 4.69) is 24.1 Å². The number of amides is 2. The predicted octanol–water partition coefficient (Wildman–Crippen LogP) is 3.74. The molecule has 0 aliphatic carbocycles. The molecule has 170 valence electrons. The summed E-state index contributed by atoms with van der Waals surface area (Å²) in [6.45, 7) is 8.13. The van der Waals surface area contributed by atoms with Crippen LogP contribution in [0, 0.1) is 0 Å². The molecule has 2 saturated heterocycles. The molecule has 2 atom stereocenters. The van der Waals surface area contributed by atoms with Gasteiger partial charge in [0.2, 0.25) is 5.91 Å². The number of hydrogen-bond donors (Lipinski definition) is 1. The highest BCUT2D eigenvalue weighted by atomic mass is 16.5. The van der Waals surface area contributed by atoms with E-state index in [0.717, 1.165) is 50.3 Å². The average Bonchev–Trinajstić information content (AvgIpc) is 2.78. The lowest BCUT2D eigenvalue weighted by Crippen LogP contribution is -2.44. The quantitative estimate of drug-likeness (QED) is 0.751. The maximum Gasteiger partial charge on any atom is 0.251 e. The first-order valence-corrected chi connectivity index (χ1v) is 11.6. The van der Waals surface area contributed by atoms with Crippen molar-refractivity contribution in [2.45, 2.75) is 58.4 Å². The fourth-order valence-electron chi connectivity index (χ4n) is 4.63. The molecule has 6 nitrogen and oxygen atoms in total. The lowest BCUT2D eigenvalue weighted by molar-refractivity contribution is -0.119. The zero-order valence-electron chi connectivity index (χ0n) is 19.0. The van der Waals surface area contributed by atoms with E-state index >= 15 is 0 Å². The van der Waals surface area contributed by atoms with E-state index in [1.165, 1.54) is 5.56 Å². The number of piperidine rings is 1. The van der Waals surface area contributed by atoms with E-state index < -0.39 is 0 Å². The van der Waals surface area contributed by atoms with Gasteiger partial charge in [-0.1, -0.05) is 24.3 Å². The Labute approximate surface area is 190 Å². The topological polar surface area (TPSA) is 61.9 Å². The number of morpholine rings is 1. The largest absolute Gasteiger partial charge is 0.373 e. The van der Waals surface area contributed by atoms with Crippen LogP contribution in [-0.2, 0) is 22.6 Å². The predicted molar refractivity (Wildman–Crippen MR) is 126 cm³/mol. The molecule has 2 unspecified atom stereocenters. The first kappa shape index (κ1) is 22.5. The van der Waals surface area contributed by atoms with Gasteiger partial charge in [-0.25, -0.2) is 0 Å². The molecule has 2 aromatic rings. The maximum atomic E-state index is 12.6. The second kappa shape index (κ2) is 10.3. The summed E-state index contributed by atoms with van der Waals surface area (Å²) >= 11 is 0. The first-order valence-electron chi connectivity index (χ1n) is 11.6. The van der Waals surface area contributed by atoms with Crippen LogP contribution >= 0.6 is 0 Å². The van der Waals surface area contributed by atoms with Gasteiger partial charge < -0.3 is 15.0 Å². The number of hydrogen-bond acceptors (Lipinski definition) is 4. The van der Waals surface area contributed by atoms with Crippen LogP contribution in [0.1, 0.15) is 54.6 Å². The van der Waals surface area contributed by atoms with Gasteiger partial charge in [-0.2, -0.15) is 0 Å². The summed E-state index contributed by atoms with van der Waals surface area (Å²) in [5.74, 6) is 0.0862. The summed E-state index contributed by atoms with van der Waals surface area (Å²) in [4.78, 5) is 29.1. The minimum Gasteiger partial charge on any atom is -0.373 e. The molecular weight excluding hydrogens is 402 g/mol. The summed E-state index contributed by atoms with van der Waals surface area (Å²) in [6.07, 6.45) is 3.10. The maximum absolute atomic E-state index is 12.6. The number of ether oxygens (including phenoxy) is 1. The zero-order valence-corrected chi connectivity index (χ0v) is 19.0. The molecule has 0 spiro atoms. The number of carbonyl (C=O) groups excluding carboxylic acids is 2. The molecule has 2 fully saturated rings. The van der Waals surface area contributed by atoms with Gasteiger partial charge in [-0.15, -0.1) is 0 Å². The van der Waals surface area contributed by atoms with Gasteiger partial charge >= 0.3 is 0 Å². The molecule has 2 amide bonds. The molecular formula is C26H33N3O3. The summed E-state index contributed by atoms with van der Waals surface area (Å²) in [6, 6.07) is 15.7. The first-order chi connectivity index (χ1) is 15.5. The van der Waals surface area contributed by atoms with Gasteiger partial charge in [0.25, 0.3) is 5.91 Å². The van der Waals surface area contributed by atoms with Crippen LogP contribution in [-0.4, -0.2) is 48.6 Å². The zero-order chi connectivity index (χ0) is 22.5. The highest BCUT2D eigenvalue weighted by molar-refractivity contribution is 5.95. The summed E-state index contributed by atoms with van der Waals surface area (Å²) in [5, 5.41) is 3.00. The smallest absolute Gasteiger partial charge is 0.251 e. The third-order valence-electron chi connectivity index (χ3n) is 6.12. The third-order valence-corrected chi connectivity index (χ3v) is 6.12. The van der Waals surface area contributed by atoms with Crippen molar-refractivity contribution < 1.29 is 14.3 Å². The molecule has 0 saturated carbocycles. The summed E-state index contributed by atoms with van der Waals surface area (Å²) < 4.78 is 5.80. The van der Waals surface area contributed by atoms with Crippen molar-refractivity contribution in [3.63, 3.8) is 0 Å². The monoisotopic (exact) mass is 435 g/mol. The van der Waals surface area contributed by atoms with Crippen LogP contribution < -0.4 is 10.2 Å². The molecule has 2 aliphatic heterocycles. The van der Waals surface area contributed by atoms with Crippen LogP contribution in [0.25, 0.3) is 0 Å². The minimum atomic E-state index is -0.0929. The molecule has 2 heterocycles. The van der Waals surface area contributed by atoms with Crippen LogP contribution in [0.2, 0.25) is 0 Å². The number of anilines is 1. The van der Waals surface area contributed by atoms with Gasteiger partial charge in [0, 0.05) is 50.4 Å². The van der Waals surface area contributed by atoms with E-state index in [4.69, 9.17) is 4.74 Å². The number of benzene rings is 2. The lowest BCUT2D eigenvalue weighted by atomic mass is 10.1.